The molecule has 0 bridgehead atoms. The zero-order valence-electron chi connectivity index (χ0n) is 9.27. The Morgan fingerprint density at radius 1 is 1.12 bits per heavy atom. The number of nitrogens with zero attached hydrogens (tertiary/aromatic N) is 2. The molecule has 16 heavy (non-hydrogen) atoms. The molecule has 0 aliphatic heterocycles. The molecule has 2 aromatic rings. The summed E-state index contributed by atoms with van der Waals surface area (Å²) in [4.78, 5) is 8.23. The highest BCUT2D eigenvalue weighted by Gasteiger charge is 2.06. The molecule has 4 heteroatoms. The minimum absolute atomic E-state index is 0.510. The first-order chi connectivity index (χ1) is 7.68. The number of benzene rings is 1. The Morgan fingerprint density at radius 3 is 2.62 bits per heavy atom. The van der Waals surface area contributed by atoms with Gasteiger partial charge in [-0.05, 0) is 26.0 Å². The van der Waals surface area contributed by atoms with Crippen LogP contribution in [0, 0.1) is 13.8 Å². The standard InChI is InChI=1S/C12H13N3O/c1-8-10(13)4-3-5-11(8)16-12-9(2)14-6-7-15-12/h3-7H,13H2,1-2H3. The normalized spacial score (nSPS) is 10.1. The van der Waals surface area contributed by atoms with Crippen molar-refractivity contribution in [2.24, 2.45) is 0 Å². The van der Waals surface area contributed by atoms with Crippen LogP contribution >= 0.6 is 0 Å². The van der Waals surface area contributed by atoms with Gasteiger partial charge in [-0.1, -0.05) is 6.07 Å². The molecular formula is C12H13N3O. The van der Waals surface area contributed by atoms with Crippen LogP contribution in [0.5, 0.6) is 11.6 Å². The fourth-order valence-corrected chi connectivity index (χ4v) is 1.34. The van der Waals surface area contributed by atoms with Gasteiger partial charge < -0.3 is 10.5 Å². The molecule has 0 aliphatic carbocycles. The lowest BCUT2D eigenvalue weighted by molar-refractivity contribution is 0.452. The van der Waals surface area contributed by atoms with Crippen molar-refractivity contribution in [3.05, 3.63) is 41.9 Å². The average molecular weight is 215 g/mol. The highest BCUT2D eigenvalue weighted by Crippen LogP contribution is 2.27. The van der Waals surface area contributed by atoms with E-state index in [1.54, 1.807) is 12.4 Å². The first-order valence-corrected chi connectivity index (χ1v) is 4.99. The monoisotopic (exact) mass is 215 g/mol. The number of nitrogens with two attached hydrogens (primary N) is 1. The fourth-order valence-electron chi connectivity index (χ4n) is 1.34. The topological polar surface area (TPSA) is 61.0 Å². The Hall–Kier alpha value is -2.10. The highest BCUT2D eigenvalue weighted by atomic mass is 16.5. The Kier molecular flexibility index (Phi) is 2.72. The molecule has 0 unspecified atom stereocenters. The molecule has 0 aliphatic rings. The van der Waals surface area contributed by atoms with Gasteiger partial charge in [0.15, 0.2) is 0 Å². The maximum absolute atomic E-state index is 5.80. The van der Waals surface area contributed by atoms with E-state index >= 15 is 0 Å². The zero-order valence-corrected chi connectivity index (χ0v) is 9.27. The summed E-state index contributed by atoms with van der Waals surface area (Å²) >= 11 is 0. The van der Waals surface area contributed by atoms with E-state index in [-0.39, 0.29) is 0 Å². The first kappa shape index (κ1) is 10.4. The maximum atomic E-state index is 5.80. The minimum Gasteiger partial charge on any atom is -0.437 e. The van der Waals surface area contributed by atoms with E-state index in [4.69, 9.17) is 10.5 Å². The number of aromatic nitrogens is 2. The third-order valence-electron chi connectivity index (χ3n) is 2.37. The third-order valence-corrected chi connectivity index (χ3v) is 2.37. The van der Waals surface area contributed by atoms with Crippen LogP contribution in [0.1, 0.15) is 11.3 Å². The van der Waals surface area contributed by atoms with Gasteiger partial charge in [0.1, 0.15) is 5.75 Å². The van der Waals surface area contributed by atoms with Crippen molar-refractivity contribution in [2.75, 3.05) is 5.73 Å². The molecule has 0 atom stereocenters. The summed E-state index contributed by atoms with van der Waals surface area (Å²) in [7, 11) is 0. The predicted octanol–water partition coefficient (Wildman–Crippen LogP) is 2.47. The Bertz CT molecular complexity index is 511. The minimum atomic E-state index is 0.510. The van der Waals surface area contributed by atoms with Crippen LogP contribution in [-0.4, -0.2) is 9.97 Å². The van der Waals surface area contributed by atoms with Gasteiger partial charge in [0, 0.05) is 23.6 Å². The second-order valence-corrected chi connectivity index (χ2v) is 3.52. The van der Waals surface area contributed by atoms with Crippen LogP contribution in [0.3, 0.4) is 0 Å². The number of ether oxygens (including phenoxy) is 1. The number of hydrogen-bond donors (Lipinski definition) is 1. The van der Waals surface area contributed by atoms with Gasteiger partial charge in [-0.2, -0.15) is 0 Å². The van der Waals surface area contributed by atoms with Crippen molar-refractivity contribution in [1.82, 2.24) is 9.97 Å². The third kappa shape index (κ3) is 1.95. The summed E-state index contributed by atoms with van der Waals surface area (Å²) in [6, 6.07) is 5.55. The Labute approximate surface area is 94.1 Å². The summed E-state index contributed by atoms with van der Waals surface area (Å²) in [6.45, 7) is 3.76. The number of anilines is 1. The maximum Gasteiger partial charge on any atom is 0.240 e. The largest absolute Gasteiger partial charge is 0.437 e. The molecule has 1 heterocycles. The second-order valence-electron chi connectivity index (χ2n) is 3.52. The Morgan fingerprint density at radius 2 is 1.88 bits per heavy atom. The lowest BCUT2D eigenvalue weighted by Gasteiger charge is -2.10. The summed E-state index contributed by atoms with van der Waals surface area (Å²) in [5, 5.41) is 0. The fraction of sp³-hybridized carbons (Fsp3) is 0.167. The number of nitrogen functional groups attached to an aromatic ring is 1. The highest BCUT2D eigenvalue weighted by molar-refractivity contribution is 5.53. The van der Waals surface area contributed by atoms with Gasteiger partial charge in [-0.15, -0.1) is 0 Å². The number of aryl methyl sites for hydroxylation is 1. The molecule has 2 rings (SSSR count). The quantitative estimate of drug-likeness (QED) is 0.782. The molecule has 4 nitrogen and oxygen atoms in total. The van der Waals surface area contributed by atoms with E-state index in [1.165, 1.54) is 0 Å². The molecule has 0 radical (unpaired) electrons. The molecule has 0 saturated carbocycles. The van der Waals surface area contributed by atoms with Crippen molar-refractivity contribution in [3.63, 3.8) is 0 Å². The van der Waals surface area contributed by atoms with Crippen LogP contribution in [0.15, 0.2) is 30.6 Å². The second kappa shape index (κ2) is 4.18. The average Bonchev–Trinajstić information content (AvgIpc) is 2.28. The van der Waals surface area contributed by atoms with Crippen LogP contribution in [0.25, 0.3) is 0 Å². The predicted molar refractivity (Wildman–Crippen MR) is 62.4 cm³/mol. The van der Waals surface area contributed by atoms with Gasteiger partial charge in [0.05, 0.1) is 5.69 Å². The van der Waals surface area contributed by atoms with E-state index in [9.17, 15) is 0 Å². The van der Waals surface area contributed by atoms with Crippen molar-refractivity contribution in [2.45, 2.75) is 13.8 Å². The van der Waals surface area contributed by atoms with Crippen LogP contribution in [0.4, 0.5) is 5.69 Å². The van der Waals surface area contributed by atoms with E-state index in [0.717, 1.165) is 11.3 Å². The molecule has 1 aromatic heterocycles. The van der Waals surface area contributed by atoms with Crippen molar-refractivity contribution in [3.8, 4) is 11.6 Å². The van der Waals surface area contributed by atoms with Crippen molar-refractivity contribution in [1.29, 1.82) is 0 Å². The molecule has 1 aromatic carbocycles. The van der Waals surface area contributed by atoms with Crippen LogP contribution in [0.2, 0.25) is 0 Å². The van der Waals surface area contributed by atoms with Crippen LogP contribution < -0.4 is 10.5 Å². The van der Waals surface area contributed by atoms with E-state index in [0.29, 0.717) is 17.3 Å². The van der Waals surface area contributed by atoms with Crippen LogP contribution in [-0.2, 0) is 0 Å². The molecule has 0 saturated heterocycles. The molecule has 0 fully saturated rings. The lowest BCUT2D eigenvalue weighted by Crippen LogP contribution is -1.96. The Balaban J connectivity index is 2.35. The van der Waals surface area contributed by atoms with E-state index in [2.05, 4.69) is 9.97 Å². The van der Waals surface area contributed by atoms with Gasteiger partial charge in [0.2, 0.25) is 5.88 Å². The van der Waals surface area contributed by atoms with E-state index < -0.39 is 0 Å². The van der Waals surface area contributed by atoms with E-state index in [1.807, 2.05) is 32.0 Å². The van der Waals surface area contributed by atoms with Gasteiger partial charge in [-0.25, -0.2) is 4.98 Å². The molecule has 82 valence electrons. The molecule has 2 N–H and O–H groups in total. The molecular weight excluding hydrogens is 202 g/mol. The molecule has 0 spiro atoms. The summed E-state index contributed by atoms with van der Waals surface area (Å²) in [5.74, 6) is 1.22. The lowest BCUT2D eigenvalue weighted by atomic mass is 10.2. The van der Waals surface area contributed by atoms with Crippen molar-refractivity contribution < 1.29 is 4.74 Å². The smallest absolute Gasteiger partial charge is 0.240 e. The number of rotatable bonds is 2. The van der Waals surface area contributed by atoms with Gasteiger partial charge in [-0.3, -0.25) is 4.98 Å². The molecule has 0 amide bonds. The SMILES string of the molecule is Cc1nccnc1Oc1cccc(N)c1C. The summed E-state index contributed by atoms with van der Waals surface area (Å²) in [6.07, 6.45) is 3.23. The number of hydrogen-bond acceptors (Lipinski definition) is 4. The summed E-state index contributed by atoms with van der Waals surface area (Å²) in [5.41, 5.74) is 8.17. The van der Waals surface area contributed by atoms with Crippen molar-refractivity contribution >= 4 is 5.69 Å². The van der Waals surface area contributed by atoms with Gasteiger partial charge in [0.25, 0.3) is 0 Å². The zero-order chi connectivity index (χ0) is 11.5. The van der Waals surface area contributed by atoms with Gasteiger partial charge >= 0.3 is 0 Å². The first-order valence-electron chi connectivity index (χ1n) is 4.99. The summed E-state index contributed by atoms with van der Waals surface area (Å²) < 4.78 is 5.67.